The third kappa shape index (κ3) is 1.27. The second-order valence-corrected chi connectivity index (χ2v) is 2.24. The minimum atomic E-state index is -0.382. The molecule has 0 bridgehead atoms. The molecule has 1 heterocycles. The van der Waals surface area contributed by atoms with E-state index in [1.165, 1.54) is 13.3 Å². The maximum Gasteiger partial charge on any atom is 0.355 e. The summed E-state index contributed by atoms with van der Waals surface area (Å²) in [4.78, 5) is 12.5. The Morgan fingerprint density at radius 2 is 2.55 bits per heavy atom. The lowest BCUT2D eigenvalue weighted by atomic mass is 10.4. The highest BCUT2D eigenvalue weighted by molar-refractivity contribution is 5.88. The van der Waals surface area contributed by atoms with Gasteiger partial charge < -0.3 is 15.0 Å². The lowest BCUT2D eigenvalue weighted by Crippen LogP contribution is -2.43. The highest BCUT2D eigenvalue weighted by atomic mass is 16.5. The molecule has 0 fully saturated rings. The lowest BCUT2D eigenvalue weighted by molar-refractivity contribution is -0.137. The molecule has 0 aromatic carbocycles. The summed E-state index contributed by atoms with van der Waals surface area (Å²) in [6.45, 7) is 0. The van der Waals surface area contributed by atoms with Crippen LogP contribution in [0.1, 0.15) is 0 Å². The predicted octanol–water partition coefficient (Wildman–Crippen LogP) is -1.22. The van der Waals surface area contributed by atoms with E-state index >= 15 is 0 Å². The first-order chi connectivity index (χ1) is 5.16. The van der Waals surface area contributed by atoms with Crippen LogP contribution in [0.15, 0.2) is 11.9 Å². The summed E-state index contributed by atoms with van der Waals surface area (Å²) < 4.78 is 4.51. The number of likely N-dealkylation sites (N-methyl/N-ethyl adjacent to an activating group) is 1. The van der Waals surface area contributed by atoms with Gasteiger partial charge in [-0.1, -0.05) is 0 Å². The summed E-state index contributed by atoms with van der Waals surface area (Å²) >= 11 is 0. The molecule has 1 unspecified atom stereocenters. The van der Waals surface area contributed by atoms with E-state index in [0.717, 1.165) is 0 Å². The van der Waals surface area contributed by atoms with E-state index in [1.807, 2.05) is 0 Å². The van der Waals surface area contributed by atoms with E-state index in [9.17, 15) is 4.79 Å². The third-order valence-electron chi connectivity index (χ3n) is 1.58. The van der Waals surface area contributed by atoms with E-state index in [2.05, 4.69) is 10.1 Å². The molecule has 1 rings (SSSR count). The fourth-order valence-corrected chi connectivity index (χ4v) is 0.835. The molecule has 5 nitrogen and oxygen atoms in total. The zero-order valence-corrected chi connectivity index (χ0v) is 6.50. The molecule has 0 aromatic heterocycles. The Balaban J connectivity index is 2.67. The summed E-state index contributed by atoms with van der Waals surface area (Å²) in [6.07, 6.45) is 1.21. The van der Waals surface area contributed by atoms with Crippen molar-refractivity contribution in [3.63, 3.8) is 0 Å². The number of rotatable bonds is 1. The third-order valence-corrected chi connectivity index (χ3v) is 1.58. The highest BCUT2D eigenvalue weighted by Gasteiger charge is 2.24. The SMILES string of the molecule is COC(=O)C1=CNC(N)N1C. The Bertz CT molecular complexity index is 202. The van der Waals surface area contributed by atoms with Crippen LogP contribution in [0.25, 0.3) is 0 Å². The Kier molecular flexibility index (Phi) is 2.00. The normalized spacial score (nSPS) is 22.6. The highest BCUT2D eigenvalue weighted by Crippen LogP contribution is 2.08. The van der Waals surface area contributed by atoms with Crippen molar-refractivity contribution in [2.75, 3.05) is 14.2 Å². The topological polar surface area (TPSA) is 67.6 Å². The average Bonchev–Trinajstić information content (AvgIpc) is 2.32. The summed E-state index contributed by atoms with van der Waals surface area (Å²) in [6, 6.07) is 0. The van der Waals surface area contributed by atoms with Crippen molar-refractivity contribution in [2.24, 2.45) is 5.73 Å². The van der Waals surface area contributed by atoms with Crippen molar-refractivity contribution in [2.45, 2.75) is 6.29 Å². The molecule has 0 saturated heterocycles. The second kappa shape index (κ2) is 2.79. The number of carbonyl (C=O) groups excluding carboxylic acids is 1. The van der Waals surface area contributed by atoms with Crippen LogP contribution in [0.3, 0.4) is 0 Å². The molecule has 0 spiro atoms. The summed E-state index contributed by atoms with van der Waals surface area (Å²) in [5, 5.41) is 2.78. The van der Waals surface area contributed by atoms with Gasteiger partial charge in [0, 0.05) is 13.2 Å². The van der Waals surface area contributed by atoms with Gasteiger partial charge in [-0.2, -0.15) is 0 Å². The van der Waals surface area contributed by atoms with Crippen molar-refractivity contribution in [3.05, 3.63) is 11.9 Å². The summed E-state index contributed by atoms with van der Waals surface area (Å²) in [5.74, 6) is -0.382. The molecule has 0 aromatic rings. The standard InChI is InChI=1S/C6H11N3O2/c1-9-4(5(10)11-2)3-8-6(9)7/h3,6,8H,7H2,1-2H3. The van der Waals surface area contributed by atoms with Crippen molar-refractivity contribution < 1.29 is 9.53 Å². The Hall–Kier alpha value is -1.23. The van der Waals surface area contributed by atoms with E-state index < -0.39 is 0 Å². The first-order valence-corrected chi connectivity index (χ1v) is 3.19. The van der Waals surface area contributed by atoms with Crippen LogP contribution in [0.2, 0.25) is 0 Å². The Labute approximate surface area is 64.8 Å². The Morgan fingerprint density at radius 3 is 2.91 bits per heavy atom. The molecule has 0 saturated carbocycles. The van der Waals surface area contributed by atoms with E-state index in [0.29, 0.717) is 5.70 Å². The van der Waals surface area contributed by atoms with Crippen LogP contribution < -0.4 is 11.1 Å². The van der Waals surface area contributed by atoms with Gasteiger partial charge in [-0.05, 0) is 0 Å². The number of hydrogen-bond acceptors (Lipinski definition) is 5. The van der Waals surface area contributed by atoms with Crippen LogP contribution in [0.4, 0.5) is 0 Å². The van der Waals surface area contributed by atoms with Crippen molar-refractivity contribution >= 4 is 5.97 Å². The van der Waals surface area contributed by atoms with E-state index in [-0.39, 0.29) is 12.3 Å². The molecule has 1 aliphatic heterocycles. The molecular weight excluding hydrogens is 146 g/mol. The molecule has 1 atom stereocenters. The van der Waals surface area contributed by atoms with Gasteiger partial charge in [0.1, 0.15) is 5.70 Å². The minimum absolute atomic E-state index is 0.330. The fraction of sp³-hybridized carbons (Fsp3) is 0.500. The Morgan fingerprint density at radius 1 is 1.91 bits per heavy atom. The number of methoxy groups -OCH3 is 1. The molecular formula is C6H11N3O2. The quantitative estimate of drug-likeness (QED) is 0.467. The van der Waals surface area contributed by atoms with E-state index in [4.69, 9.17) is 5.73 Å². The van der Waals surface area contributed by atoms with Crippen LogP contribution in [-0.2, 0) is 9.53 Å². The van der Waals surface area contributed by atoms with E-state index in [1.54, 1.807) is 11.9 Å². The molecule has 0 radical (unpaired) electrons. The predicted molar refractivity (Wildman–Crippen MR) is 39.0 cm³/mol. The molecule has 0 aliphatic carbocycles. The van der Waals surface area contributed by atoms with Crippen molar-refractivity contribution in [1.29, 1.82) is 0 Å². The number of ether oxygens (including phenoxy) is 1. The number of nitrogens with zero attached hydrogens (tertiary/aromatic N) is 1. The average molecular weight is 157 g/mol. The molecule has 62 valence electrons. The molecule has 3 N–H and O–H groups in total. The fourth-order valence-electron chi connectivity index (χ4n) is 0.835. The first kappa shape index (κ1) is 7.87. The van der Waals surface area contributed by atoms with Crippen molar-refractivity contribution in [1.82, 2.24) is 10.2 Å². The molecule has 11 heavy (non-hydrogen) atoms. The monoisotopic (exact) mass is 157 g/mol. The van der Waals surface area contributed by atoms with Gasteiger partial charge in [0.05, 0.1) is 7.11 Å². The zero-order valence-electron chi connectivity index (χ0n) is 6.50. The first-order valence-electron chi connectivity index (χ1n) is 3.19. The van der Waals surface area contributed by atoms with Gasteiger partial charge in [0.15, 0.2) is 6.29 Å². The number of nitrogens with one attached hydrogen (secondary N) is 1. The van der Waals surface area contributed by atoms with Gasteiger partial charge in [-0.25, -0.2) is 4.79 Å². The lowest BCUT2D eigenvalue weighted by Gasteiger charge is -2.18. The van der Waals surface area contributed by atoms with Crippen LogP contribution in [0, 0.1) is 0 Å². The molecule has 1 aliphatic rings. The van der Waals surface area contributed by atoms with Crippen LogP contribution >= 0.6 is 0 Å². The molecule has 0 amide bonds. The smallest absolute Gasteiger partial charge is 0.355 e. The van der Waals surface area contributed by atoms with Crippen molar-refractivity contribution in [3.8, 4) is 0 Å². The maximum atomic E-state index is 10.9. The number of hydrogen-bond donors (Lipinski definition) is 2. The largest absolute Gasteiger partial charge is 0.464 e. The number of carbonyl (C=O) groups is 1. The summed E-state index contributed by atoms with van der Waals surface area (Å²) in [7, 11) is 3.05. The zero-order chi connectivity index (χ0) is 8.43. The maximum absolute atomic E-state index is 10.9. The van der Waals surface area contributed by atoms with Gasteiger partial charge in [0.2, 0.25) is 0 Å². The van der Waals surface area contributed by atoms with Gasteiger partial charge >= 0.3 is 5.97 Å². The number of esters is 1. The minimum Gasteiger partial charge on any atom is -0.464 e. The van der Waals surface area contributed by atoms with Crippen LogP contribution in [0.5, 0.6) is 0 Å². The summed E-state index contributed by atoms with van der Waals surface area (Å²) in [5.41, 5.74) is 5.96. The van der Waals surface area contributed by atoms with Gasteiger partial charge in [-0.15, -0.1) is 0 Å². The van der Waals surface area contributed by atoms with Gasteiger partial charge in [-0.3, -0.25) is 5.73 Å². The van der Waals surface area contributed by atoms with Gasteiger partial charge in [0.25, 0.3) is 0 Å². The van der Waals surface area contributed by atoms with Crippen LogP contribution in [-0.4, -0.2) is 31.3 Å². The molecule has 5 heteroatoms. The number of nitrogens with two attached hydrogens (primary N) is 1. The second-order valence-electron chi connectivity index (χ2n) is 2.24.